The number of aliphatic hydroxyl groups excluding tert-OH is 1. The lowest BCUT2D eigenvalue weighted by atomic mass is 10.1. The van der Waals surface area contributed by atoms with Gasteiger partial charge in [-0.15, -0.1) is 0 Å². The fourth-order valence-corrected chi connectivity index (χ4v) is 2.55. The van der Waals surface area contributed by atoms with Gasteiger partial charge < -0.3 is 14.6 Å². The fourth-order valence-electron chi connectivity index (χ4n) is 2.55. The highest BCUT2D eigenvalue weighted by molar-refractivity contribution is 5.32. The van der Waals surface area contributed by atoms with Crippen LogP contribution in [0.1, 0.15) is 44.1 Å². The van der Waals surface area contributed by atoms with Crippen LogP contribution in [0.3, 0.4) is 0 Å². The maximum Gasteiger partial charge on any atom is 0.124 e. The van der Waals surface area contributed by atoms with Crippen LogP contribution in [0.25, 0.3) is 0 Å². The van der Waals surface area contributed by atoms with Crippen molar-refractivity contribution in [2.75, 3.05) is 13.2 Å². The molecule has 0 radical (unpaired) electrons. The molecule has 0 unspecified atom stereocenters. The van der Waals surface area contributed by atoms with Crippen LogP contribution in [-0.4, -0.2) is 24.4 Å². The summed E-state index contributed by atoms with van der Waals surface area (Å²) in [5.41, 5.74) is 0.831. The summed E-state index contributed by atoms with van der Waals surface area (Å²) < 4.78 is 11.5. The Bertz CT molecular complexity index is 357. The van der Waals surface area contributed by atoms with Crippen molar-refractivity contribution < 1.29 is 14.6 Å². The maximum absolute atomic E-state index is 9.20. The summed E-state index contributed by atoms with van der Waals surface area (Å²) in [7, 11) is 0. The molecule has 1 aliphatic carbocycles. The van der Waals surface area contributed by atoms with Gasteiger partial charge in [0.05, 0.1) is 19.3 Å². The minimum atomic E-state index is 0.0135. The molecule has 2 rings (SSSR count). The number of aliphatic hydroxyl groups is 1. The Balaban J connectivity index is 1.68. The van der Waals surface area contributed by atoms with Crippen LogP contribution in [0.4, 0.5) is 0 Å². The Labute approximate surface area is 115 Å². The van der Waals surface area contributed by atoms with Crippen LogP contribution < -0.4 is 4.74 Å². The first-order valence-corrected chi connectivity index (χ1v) is 7.33. The van der Waals surface area contributed by atoms with Crippen molar-refractivity contribution in [3.63, 3.8) is 0 Å². The number of rotatable bonds is 6. The summed E-state index contributed by atoms with van der Waals surface area (Å²) in [6.45, 7) is 1.19. The molecule has 0 aromatic heterocycles. The normalized spacial score (nSPS) is 17.1. The van der Waals surface area contributed by atoms with E-state index in [0.717, 1.165) is 11.3 Å². The molecule has 1 aromatic carbocycles. The number of ether oxygens (including phenoxy) is 2. The van der Waals surface area contributed by atoms with Crippen LogP contribution in [0.5, 0.6) is 5.75 Å². The van der Waals surface area contributed by atoms with Gasteiger partial charge >= 0.3 is 0 Å². The first-order valence-electron chi connectivity index (χ1n) is 7.33. The molecule has 106 valence electrons. The quantitative estimate of drug-likeness (QED) is 0.633. The van der Waals surface area contributed by atoms with Crippen molar-refractivity contribution in [2.45, 2.75) is 51.2 Å². The Morgan fingerprint density at radius 1 is 1.00 bits per heavy atom. The van der Waals surface area contributed by atoms with Gasteiger partial charge in [-0.25, -0.2) is 0 Å². The molecule has 1 saturated carbocycles. The predicted octanol–water partition coefficient (Wildman–Crippen LogP) is 3.30. The van der Waals surface area contributed by atoms with Crippen molar-refractivity contribution in [1.82, 2.24) is 0 Å². The zero-order chi connectivity index (χ0) is 13.3. The molecular weight excluding hydrogens is 240 g/mol. The van der Waals surface area contributed by atoms with Crippen molar-refractivity contribution in [3.05, 3.63) is 29.8 Å². The van der Waals surface area contributed by atoms with Crippen LogP contribution in [-0.2, 0) is 11.3 Å². The Morgan fingerprint density at radius 2 is 1.74 bits per heavy atom. The smallest absolute Gasteiger partial charge is 0.124 e. The minimum absolute atomic E-state index is 0.0135. The highest BCUT2D eigenvalue weighted by Crippen LogP contribution is 2.20. The minimum Gasteiger partial charge on any atom is -0.491 e. The zero-order valence-electron chi connectivity index (χ0n) is 11.5. The van der Waals surface area contributed by atoms with Crippen LogP contribution >= 0.6 is 0 Å². The van der Waals surface area contributed by atoms with Gasteiger partial charge in [0.15, 0.2) is 0 Å². The average molecular weight is 264 g/mol. The van der Waals surface area contributed by atoms with Gasteiger partial charge in [-0.3, -0.25) is 0 Å². The summed E-state index contributed by atoms with van der Waals surface area (Å²) in [6, 6.07) is 7.58. The number of para-hydroxylation sites is 1. The molecule has 0 heterocycles. The number of hydrogen-bond donors (Lipinski definition) is 1. The highest BCUT2D eigenvalue weighted by Gasteiger charge is 2.12. The van der Waals surface area contributed by atoms with E-state index in [2.05, 4.69) is 0 Å². The summed E-state index contributed by atoms with van der Waals surface area (Å²) in [5, 5.41) is 9.20. The molecule has 0 amide bonds. The lowest BCUT2D eigenvalue weighted by molar-refractivity contribution is 0.0251. The second kappa shape index (κ2) is 8.18. The molecule has 1 N–H and O–H groups in total. The van der Waals surface area contributed by atoms with Gasteiger partial charge in [-0.1, -0.05) is 43.9 Å². The van der Waals surface area contributed by atoms with Crippen molar-refractivity contribution >= 4 is 0 Å². The number of benzene rings is 1. The second-order valence-corrected chi connectivity index (χ2v) is 5.10. The standard InChI is InChI=1S/C16H24O3/c17-13-14-7-5-6-10-16(14)19-12-11-18-15-8-3-1-2-4-9-15/h5-7,10,15,17H,1-4,8-9,11-13H2. The summed E-state index contributed by atoms with van der Waals surface area (Å²) in [5.74, 6) is 0.759. The Hall–Kier alpha value is -1.06. The molecule has 3 heteroatoms. The predicted molar refractivity (Wildman–Crippen MR) is 75.3 cm³/mol. The maximum atomic E-state index is 9.20. The molecule has 0 bridgehead atoms. The molecule has 0 atom stereocenters. The second-order valence-electron chi connectivity index (χ2n) is 5.10. The third kappa shape index (κ3) is 4.84. The summed E-state index contributed by atoms with van der Waals surface area (Å²) in [4.78, 5) is 0. The molecule has 3 nitrogen and oxygen atoms in total. The molecule has 19 heavy (non-hydrogen) atoms. The molecule has 0 saturated heterocycles. The van der Waals surface area contributed by atoms with Gasteiger partial charge in [-0.05, 0) is 18.9 Å². The van der Waals surface area contributed by atoms with E-state index in [1.165, 1.54) is 38.5 Å². The van der Waals surface area contributed by atoms with Crippen molar-refractivity contribution in [3.8, 4) is 5.75 Å². The summed E-state index contributed by atoms with van der Waals surface area (Å²) in [6.07, 6.45) is 8.07. The monoisotopic (exact) mass is 264 g/mol. The van der Waals surface area contributed by atoms with E-state index in [-0.39, 0.29) is 6.61 Å². The average Bonchev–Trinajstić information content (AvgIpc) is 2.72. The molecule has 1 fully saturated rings. The van der Waals surface area contributed by atoms with E-state index in [4.69, 9.17) is 9.47 Å². The summed E-state index contributed by atoms with van der Waals surface area (Å²) >= 11 is 0. The van der Waals surface area contributed by atoms with Gasteiger partial charge in [-0.2, -0.15) is 0 Å². The number of hydrogen-bond acceptors (Lipinski definition) is 3. The third-order valence-corrected chi connectivity index (χ3v) is 3.64. The van der Waals surface area contributed by atoms with E-state index >= 15 is 0 Å². The van der Waals surface area contributed by atoms with Gasteiger partial charge in [0, 0.05) is 5.56 Å². The largest absolute Gasteiger partial charge is 0.491 e. The molecule has 0 spiro atoms. The van der Waals surface area contributed by atoms with E-state index in [1.54, 1.807) is 0 Å². The first-order chi connectivity index (χ1) is 9.40. The van der Waals surface area contributed by atoms with E-state index in [1.807, 2.05) is 24.3 Å². The van der Waals surface area contributed by atoms with Crippen LogP contribution in [0, 0.1) is 0 Å². The molecule has 1 aromatic rings. The van der Waals surface area contributed by atoms with Gasteiger partial charge in [0.1, 0.15) is 12.4 Å². The molecule has 0 aliphatic heterocycles. The Kier molecular flexibility index (Phi) is 6.18. The topological polar surface area (TPSA) is 38.7 Å². The van der Waals surface area contributed by atoms with E-state index in [9.17, 15) is 5.11 Å². The van der Waals surface area contributed by atoms with Crippen molar-refractivity contribution in [1.29, 1.82) is 0 Å². The van der Waals surface area contributed by atoms with E-state index < -0.39 is 0 Å². The first kappa shape index (κ1) is 14.4. The lowest BCUT2D eigenvalue weighted by Crippen LogP contribution is -2.16. The lowest BCUT2D eigenvalue weighted by Gasteiger charge is -2.16. The van der Waals surface area contributed by atoms with Crippen molar-refractivity contribution in [2.24, 2.45) is 0 Å². The fraction of sp³-hybridized carbons (Fsp3) is 0.625. The van der Waals surface area contributed by atoms with E-state index in [0.29, 0.717) is 19.3 Å². The third-order valence-electron chi connectivity index (χ3n) is 3.64. The molecule has 1 aliphatic rings. The Morgan fingerprint density at radius 3 is 2.47 bits per heavy atom. The highest BCUT2D eigenvalue weighted by atomic mass is 16.5. The van der Waals surface area contributed by atoms with Gasteiger partial charge in [0.2, 0.25) is 0 Å². The molecular formula is C16H24O3. The van der Waals surface area contributed by atoms with Crippen LogP contribution in [0.15, 0.2) is 24.3 Å². The SMILES string of the molecule is OCc1ccccc1OCCOC1CCCCCC1. The van der Waals surface area contributed by atoms with Gasteiger partial charge in [0.25, 0.3) is 0 Å². The zero-order valence-corrected chi connectivity index (χ0v) is 11.5. The van der Waals surface area contributed by atoms with Crippen LogP contribution in [0.2, 0.25) is 0 Å².